The zero-order valence-electron chi connectivity index (χ0n) is 12.5. The first-order valence-electron chi connectivity index (χ1n) is 6.16. The molecule has 0 aromatic rings. The zero-order chi connectivity index (χ0) is 18.6. The number of rotatable bonds is 9. The van der Waals surface area contributed by atoms with E-state index < -0.39 is 48.5 Å². The minimum Gasteiger partial charge on any atom is -0.548 e. The smallest absolute Gasteiger partial charge is 0.548 e. The van der Waals surface area contributed by atoms with Crippen LogP contribution in [0, 0.1) is 0 Å². The van der Waals surface area contributed by atoms with E-state index in [1.165, 1.54) is 0 Å². The fourth-order valence-electron chi connectivity index (χ4n) is 1.40. The van der Waals surface area contributed by atoms with Crippen LogP contribution in [0.3, 0.4) is 0 Å². The molecule has 0 spiro atoms. The summed E-state index contributed by atoms with van der Waals surface area (Å²) in [4.78, 5) is 21.6. The second kappa shape index (κ2) is 9.18. The van der Waals surface area contributed by atoms with Crippen molar-refractivity contribution >= 4 is 11.9 Å². The van der Waals surface area contributed by atoms with Crippen molar-refractivity contribution in [3.8, 4) is 0 Å². The molecule has 1 amide bonds. The largest absolute Gasteiger partial charge is 1.00 e. The van der Waals surface area contributed by atoms with Crippen LogP contribution in [-0.2, 0) is 9.59 Å². The standard InChI is InChI=1S/C11H13F8NO3.Na/c1-2-3-4-5(6(21)22)20-8(23)10(16,17)11(18,19)9(14,15)7(12)13;/h5,7H,2-4H2,1H3,(H,20,23)(H,21,22);/q;+1/p-1. The Morgan fingerprint density at radius 3 is 1.88 bits per heavy atom. The molecule has 0 saturated carbocycles. The monoisotopic (exact) mass is 381 g/mol. The third-order valence-electron chi connectivity index (χ3n) is 2.81. The van der Waals surface area contributed by atoms with Crippen LogP contribution in [-0.4, -0.2) is 42.1 Å². The number of carbonyl (C=O) groups excluding carboxylic acids is 2. The van der Waals surface area contributed by atoms with Gasteiger partial charge >= 0.3 is 53.8 Å². The molecule has 1 N–H and O–H groups in total. The van der Waals surface area contributed by atoms with Crippen molar-refractivity contribution < 1.29 is 79.4 Å². The molecule has 0 bridgehead atoms. The maximum absolute atomic E-state index is 13.2. The average Bonchev–Trinajstić information content (AvgIpc) is 2.41. The molecule has 0 fully saturated rings. The van der Waals surface area contributed by atoms with Crippen LogP contribution in [0.4, 0.5) is 35.1 Å². The second-order valence-electron chi connectivity index (χ2n) is 4.56. The van der Waals surface area contributed by atoms with Gasteiger partial charge in [0.1, 0.15) is 0 Å². The molecule has 0 radical (unpaired) electrons. The van der Waals surface area contributed by atoms with E-state index in [0.717, 1.165) is 5.32 Å². The van der Waals surface area contributed by atoms with E-state index in [2.05, 4.69) is 0 Å². The van der Waals surface area contributed by atoms with E-state index in [9.17, 15) is 49.8 Å². The molecule has 13 heteroatoms. The van der Waals surface area contributed by atoms with Gasteiger partial charge < -0.3 is 15.2 Å². The van der Waals surface area contributed by atoms with Gasteiger partial charge in [-0.05, 0) is 6.42 Å². The van der Waals surface area contributed by atoms with Crippen LogP contribution in [0.2, 0.25) is 0 Å². The number of carboxylic acid groups (broad SMARTS) is 1. The van der Waals surface area contributed by atoms with E-state index in [4.69, 9.17) is 0 Å². The molecule has 136 valence electrons. The van der Waals surface area contributed by atoms with E-state index in [-0.39, 0.29) is 36.0 Å². The minimum absolute atomic E-state index is 0. The summed E-state index contributed by atoms with van der Waals surface area (Å²) in [7, 11) is 0. The Morgan fingerprint density at radius 1 is 1.08 bits per heavy atom. The quantitative estimate of drug-likeness (QED) is 0.394. The number of hydrogen-bond donors (Lipinski definition) is 1. The molecule has 0 aliphatic carbocycles. The Hall–Kier alpha value is -0.620. The number of amides is 1. The molecule has 0 saturated heterocycles. The van der Waals surface area contributed by atoms with Gasteiger partial charge in [0, 0.05) is 0 Å². The first-order valence-corrected chi connectivity index (χ1v) is 6.16. The Morgan fingerprint density at radius 2 is 1.54 bits per heavy atom. The summed E-state index contributed by atoms with van der Waals surface area (Å²) in [6.45, 7) is 1.54. The third-order valence-corrected chi connectivity index (χ3v) is 2.81. The molecule has 0 rings (SSSR count). The number of hydrogen-bond acceptors (Lipinski definition) is 3. The van der Waals surface area contributed by atoms with E-state index in [1.807, 2.05) is 0 Å². The normalized spacial score (nSPS) is 14.1. The van der Waals surface area contributed by atoms with Gasteiger partial charge in [-0.1, -0.05) is 19.8 Å². The Bertz CT molecular complexity index is 447. The summed E-state index contributed by atoms with van der Waals surface area (Å²) in [6, 6.07) is -2.16. The van der Waals surface area contributed by atoms with Crippen molar-refractivity contribution in [1.82, 2.24) is 5.32 Å². The van der Waals surface area contributed by atoms with Crippen molar-refractivity contribution in [2.45, 2.75) is 56.4 Å². The number of halogens is 8. The minimum atomic E-state index is -6.74. The molecular formula is C11H12F8NNaO3. The molecule has 0 aromatic carbocycles. The third kappa shape index (κ3) is 5.19. The molecule has 0 aliphatic heterocycles. The van der Waals surface area contributed by atoms with Gasteiger partial charge in [0.15, 0.2) is 0 Å². The summed E-state index contributed by atoms with van der Waals surface area (Å²) >= 11 is 0. The number of unbranched alkanes of at least 4 members (excludes halogenated alkanes) is 1. The molecule has 1 unspecified atom stereocenters. The van der Waals surface area contributed by atoms with Crippen molar-refractivity contribution in [2.75, 3.05) is 0 Å². The van der Waals surface area contributed by atoms with E-state index in [0.29, 0.717) is 6.42 Å². The van der Waals surface area contributed by atoms with Crippen LogP contribution in [0.5, 0.6) is 0 Å². The molecule has 1 atom stereocenters. The predicted octanol–water partition coefficient (Wildman–Crippen LogP) is -1.41. The number of alkyl halides is 8. The average molecular weight is 381 g/mol. The van der Waals surface area contributed by atoms with Crippen molar-refractivity contribution in [3.05, 3.63) is 0 Å². The first-order chi connectivity index (χ1) is 10.2. The molecule has 24 heavy (non-hydrogen) atoms. The second-order valence-corrected chi connectivity index (χ2v) is 4.56. The molecule has 0 aromatic heterocycles. The van der Waals surface area contributed by atoms with Gasteiger partial charge in [-0.15, -0.1) is 0 Å². The first kappa shape index (κ1) is 25.6. The topological polar surface area (TPSA) is 69.2 Å². The van der Waals surface area contributed by atoms with Crippen molar-refractivity contribution in [1.29, 1.82) is 0 Å². The Labute approximate surface area is 153 Å². The van der Waals surface area contributed by atoms with Crippen LogP contribution in [0.1, 0.15) is 26.2 Å². The SMILES string of the molecule is CCCCC(NC(=O)C(F)(F)C(F)(F)C(F)(F)C(F)F)C(=O)[O-].[Na+]. The fraction of sp³-hybridized carbons (Fsp3) is 0.818. The van der Waals surface area contributed by atoms with Gasteiger partial charge in [0.25, 0.3) is 5.91 Å². The maximum Gasteiger partial charge on any atom is 1.00 e. The van der Waals surface area contributed by atoms with Crippen molar-refractivity contribution in [3.63, 3.8) is 0 Å². The Kier molecular flexibility index (Phi) is 9.80. The fourth-order valence-corrected chi connectivity index (χ4v) is 1.40. The van der Waals surface area contributed by atoms with Gasteiger partial charge in [-0.25, -0.2) is 8.78 Å². The number of aliphatic carboxylic acids is 1. The summed E-state index contributed by atoms with van der Waals surface area (Å²) in [5, 5.41) is 11.5. The summed E-state index contributed by atoms with van der Waals surface area (Å²) in [5.74, 6) is -24.7. The number of nitrogens with one attached hydrogen (secondary N) is 1. The van der Waals surface area contributed by atoms with Crippen LogP contribution in [0.25, 0.3) is 0 Å². The van der Waals surface area contributed by atoms with Gasteiger partial charge in [-0.2, -0.15) is 26.3 Å². The zero-order valence-corrected chi connectivity index (χ0v) is 14.5. The molecule has 0 aliphatic rings. The maximum atomic E-state index is 13.2. The van der Waals surface area contributed by atoms with E-state index >= 15 is 0 Å². The van der Waals surface area contributed by atoms with E-state index in [1.54, 1.807) is 6.92 Å². The van der Waals surface area contributed by atoms with Crippen LogP contribution < -0.4 is 40.0 Å². The molecular weight excluding hydrogens is 369 g/mol. The summed E-state index contributed by atoms with van der Waals surface area (Å²) < 4.78 is 101. The summed E-state index contributed by atoms with van der Waals surface area (Å²) in [5.41, 5.74) is 0. The summed E-state index contributed by atoms with van der Waals surface area (Å²) in [6.07, 6.45) is -5.30. The molecule has 4 nitrogen and oxygen atoms in total. The van der Waals surface area contributed by atoms with Gasteiger partial charge in [0.05, 0.1) is 12.0 Å². The van der Waals surface area contributed by atoms with Gasteiger partial charge in [-0.3, -0.25) is 4.79 Å². The number of carbonyl (C=O) groups is 2. The van der Waals surface area contributed by atoms with Crippen LogP contribution >= 0.6 is 0 Å². The van der Waals surface area contributed by atoms with Crippen LogP contribution in [0.15, 0.2) is 0 Å². The predicted molar refractivity (Wildman–Crippen MR) is 57.3 cm³/mol. The van der Waals surface area contributed by atoms with Crippen molar-refractivity contribution in [2.24, 2.45) is 0 Å². The Balaban J connectivity index is 0. The van der Waals surface area contributed by atoms with Gasteiger partial charge in [0.2, 0.25) is 0 Å². The number of carboxylic acids is 1. The molecule has 0 heterocycles.